The third-order valence-electron chi connectivity index (χ3n) is 4.46. The van der Waals surface area contributed by atoms with E-state index in [9.17, 15) is 9.59 Å². The van der Waals surface area contributed by atoms with Crippen molar-refractivity contribution in [3.8, 4) is 0 Å². The van der Waals surface area contributed by atoms with Gasteiger partial charge in [0.2, 0.25) is 0 Å². The molecule has 1 unspecified atom stereocenters. The Morgan fingerprint density at radius 2 is 1.52 bits per heavy atom. The SMILES string of the molecule is CC(OC(=O)c1cccc2ocnc12)C(=O)N(c1ccccc1)c1ccccc1. The number of benzene rings is 3. The maximum atomic E-state index is 13.2. The van der Waals surface area contributed by atoms with E-state index in [-0.39, 0.29) is 11.5 Å². The standard InChI is InChI=1S/C23H18N2O4/c1-16(29-23(27)19-13-8-14-20-21(19)24-15-28-20)22(26)25(17-9-4-2-5-10-17)18-11-6-3-7-12-18/h2-16H,1H3. The van der Waals surface area contributed by atoms with Crippen LogP contribution in [-0.2, 0) is 9.53 Å². The number of carbonyl (C=O) groups excluding carboxylic acids is 2. The fourth-order valence-corrected chi connectivity index (χ4v) is 3.07. The summed E-state index contributed by atoms with van der Waals surface area (Å²) in [5.41, 5.74) is 2.51. The van der Waals surface area contributed by atoms with Crippen molar-refractivity contribution >= 4 is 34.4 Å². The molecule has 1 heterocycles. The van der Waals surface area contributed by atoms with Crippen molar-refractivity contribution in [2.24, 2.45) is 0 Å². The van der Waals surface area contributed by atoms with Gasteiger partial charge in [-0.2, -0.15) is 0 Å². The van der Waals surface area contributed by atoms with Gasteiger partial charge in [-0.05, 0) is 43.3 Å². The maximum Gasteiger partial charge on any atom is 0.341 e. The minimum absolute atomic E-state index is 0.252. The molecule has 0 bridgehead atoms. The van der Waals surface area contributed by atoms with Crippen LogP contribution in [0.15, 0.2) is 89.7 Å². The highest BCUT2D eigenvalue weighted by molar-refractivity contribution is 6.06. The summed E-state index contributed by atoms with van der Waals surface area (Å²) in [6.45, 7) is 1.56. The Labute approximate surface area is 167 Å². The first kappa shape index (κ1) is 18.4. The zero-order valence-corrected chi connectivity index (χ0v) is 15.7. The normalized spacial score (nSPS) is 11.8. The third-order valence-corrected chi connectivity index (χ3v) is 4.46. The molecule has 144 valence electrons. The lowest BCUT2D eigenvalue weighted by atomic mass is 10.2. The molecular formula is C23H18N2O4. The molecule has 0 saturated heterocycles. The first-order valence-corrected chi connectivity index (χ1v) is 9.12. The molecule has 0 N–H and O–H groups in total. The second kappa shape index (κ2) is 7.98. The van der Waals surface area contributed by atoms with E-state index in [1.54, 1.807) is 25.1 Å². The molecule has 0 aliphatic rings. The van der Waals surface area contributed by atoms with Crippen LogP contribution in [-0.4, -0.2) is 23.0 Å². The molecule has 29 heavy (non-hydrogen) atoms. The van der Waals surface area contributed by atoms with Gasteiger partial charge in [-0.25, -0.2) is 9.78 Å². The molecule has 6 nitrogen and oxygen atoms in total. The van der Waals surface area contributed by atoms with E-state index in [2.05, 4.69) is 4.98 Å². The van der Waals surface area contributed by atoms with Gasteiger partial charge in [-0.15, -0.1) is 0 Å². The minimum Gasteiger partial charge on any atom is -0.449 e. The fourth-order valence-electron chi connectivity index (χ4n) is 3.07. The molecule has 0 fully saturated rings. The summed E-state index contributed by atoms with van der Waals surface area (Å²) >= 11 is 0. The number of hydrogen-bond donors (Lipinski definition) is 0. The number of para-hydroxylation sites is 3. The summed E-state index contributed by atoms with van der Waals surface area (Å²) in [6, 6.07) is 23.4. The molecule has 4 rings (SSSR count). The Kier molecular flexibility index (Phi) is 5.07. The minimum atomic E-state index is -1.01. The fraction of sp³-hybridized carbons (Fsp3) is 0.0870. The molecule has 1 atom stereocenters. The van der Waals surface area contributed by atoms with Crippen molar-refractivity contribution < 1.29 is 18.7 Å². The van der Waals surface area contributed by atoms with E-state index in [4.69, 9.17) is 9.15 Å². The van der Waals surface area contributed by atoms with Gasteiger partial charge < -0.3 is 9.15 Å². The second-order valence-corrected chi connectivity index (χ2v) is 6.40. The van der Waals surface area contributed by atoms with Crippen LogP contribution in [0.2, 0.25) is 0 Å². The number of hydrogen-bond acceptors (Lipinski definition) is 5. The van der Waals surface area contributed by atoms with Crippen LogP contribution in [0.4, 0.5) is 11.4 Å². The predicted octanol–water partition coefficient (Wildman–Crippen LogP) is 4.74. The Bertz CT molecular complexity index is 1100. The molecule has 0 radical (unpaired) electrons. The number of amides is 1. The van der Waals surface area contributed by atoms with Crippen molar-refractivity contribution in [2.75, 3.05) is 4.90 Å². The number of nitrogens with zero attached hydrogens (tertiary/aromatic N) is 2. The molecule has 4 aromatic rings. The highest BCUT2D eigenvalue weighted by atomic mass is 16.5. The Morgan fingerprint density at radius 1 is 0.897 bits per heavy atom. The predicted molar refractivity (Wildman–Crippen MR) is 109 cm³/mol. The monoisotopic (exact) mass is 386 g/mol. The number of oxazole rings is 1. The maximum absolute atomic E-state index is 13.2. The summed E-state index contributed by atoms with van der Waals surface area (Å²) in [6.07, 6.45) is 0.257. The third kappa shape index (κ3) is 3.73. The first-order chi connectivity index (χ1) is 14.1. The molecule has 1 amide bonds. The summed E-state index contributed by atoms with van der Waals surface area (Å²) in [4.78, 5) is 31.5. The van der Waals surface area contributed by atoms with Crippen LogP contribution in [0.25, 0.3) is 11.1 Å². The van der Waals surface area contributed by atoms with Gasteiger partial charge >= 0.3 is 5.97 Å². The van der Waals surface area contributed by atoms with Gasteiger partial charge in [0.15, 0.2) is 18.1 Å². The number of ether oxygens (including phenoxy) is 1. The van der Waals surface area contributed by atoms with E-state index in [0.29, 0.717) is 22.5 Å². The molecule has 0 saturated carbocycles. The number of rotatable bonds is 5. The topological polar surface area (TPSA) is 72.6 Å². The zero-order chi connectivity index (χ0) is 20.2. The van der Waals surface area contributed by atoms with Gasteiger partial charge in [0.05, 0.1) is 5.56 Å². The average Bonchev–Trinajstić information content (AvgIpc) is 3.24. The smallest absolute Gasteiger partial charge is 0.341 e. The van der Waals surface area contributed by atoms with Crippen LogP contribution in [0.5, 0.6) is 0 Å². The first-order valence-electron chi connectivity index (χ1n) is 9.12. The lowest BCUT2D eigenvalue weighted by molar-refractivity contribution is -0.125. The van der Waals surface area contributed by atoms with Gasteiger partial charge in [0.1, 0.15) is 5.52 Å². The average molecular weight is 386 g/mol. The number of fused-ring (bicyclic) bond motifs is 1. The van der Waals surface area contributed by atoms with Crippen molar-refractivity contribution in [3.05, 3.63) is 90.8 Å². The number of esters is 1. The molecule has 1 aromatic heterocycles. The van der Waals surface area contributed by atoms with Crippen LogP contribution >= 0.6 is 0 Å². The number of anilines is 2. The summed E-state index contributed by atoms with van der Waals surface area (Å²) < 4.78 is 10.7. The van der Waals surface area contributed by atoms with E-state index in [0.717, 1.165) is 0 Å². The second-order valence-electron chi connectivity index (χ2n) is 6.40. The van der Waals surface area contributed by atoms with Crippen LogP contribution in [0, 0.1) is 0 Å². The van der Waals surface area contributed by atoms with Gasteiger partial charge in [0, 0.05) is 11.4 Å². The lowest BCUT2D eigenvalue weighted by Gasteiger charge is -2.26. The quantitative estimate of drug-likeness (QED) is 0.463. The molecule has 0 aliphatic carbocycles. The van der Waals surface area contributed by atoms with Gasteiger partial charge in [-0.3, -0.25) is 9.69 Å². The van der Waals surface area contributed by atoms with Gasteiger partial charge in [0.25, 0.3) is 5.91 Å². The van der Waals surface area contributed by atoms with Crippen LogP contribution in [0.1, 0.15) is 17.3 Å². The van der Waals surface area contributed by atoms with E-state index in [1.807, 2.05) is 60.7 Å². The van der Waals surface area contributed by atoms with E-state index < -0.39 is 12.1 Å². The molecule has 0 aliphatic heterocycles. The van der Waals surface area contributed by atoms with Crippen LogP contribution < -0.4 is 4.90 Å². The van der Waals surface area contributed by atoms with Crippen molar-refractivity contribution in [1.82, 2.24) is 4.98 Å². The number of carbonyl (C=O) groups is 2. The largest absolute Gasteiger partial charge is 0.449 e. The van der Waals surface area contributed by atoms with Crippen molar-refractivity contribution in [2.45, 2.75) is 13.0 Å². The Hall–Kier alpha value is -3.93. The van der Waals surface area contributed by atoms with E-state index in [1.165, 1.54) is 11.3 Å². The van der Waals surface area contributed by atoms with Gasteiger partial charge in [-0.1, -0.05) is 42.5 Å². The summed E-state index contributed by atoms with van der Waals surface area (Å²) in [5.74, 6) is -0.991. The van der Waals surface area contributed by atoms with Crippen molar-refractivity contribution in [3.63, 3.8) is 0 Å². The highest BCUT2D eigenvalue weighted by Crippen LogP contribution is 2.27. The Balaban J connectivity index is 1.61. The molecule has 3 aromatic carbocycles. The number of aromatic nitrogens is 1. The van der Waals surface area contributed by atoms with E-state index >= 15 is 0 Å². The zero-order valence-electron chi connectivity index (χ0n) is 15.7. The molecule has 0 spiro atoms. The molecular weight excluding hydrogens is 368 g/mol. The highest BCUT2D eigenvalue weighted by Gasteiger charge is 2.27. The van der Waals surface area contributed by atoms with Crippen molar-refractivity contribution in [1.29, 1.82) is 0 Å². The Morgan fingerprint density at radius 3 is 2.14 bits per heavy atom. The summed E-state index contributed by atoms with van der Waals surface area (Å²) in [7, 11) is 0. The molecule has 6 heteroatoms. The summed E-state index contributed by atoms with van der Waals surface area (Å²) in [5, 5.41) is 0. The van der Waals surface area contributed by atoms with Crippen LogP contribution in [0.3, 0.4) is 0 Å². The lowest BCUT2D eigenvalue weighted by Crippen LogP contribution is -2.37.